The van der Waals surface area contributed by atoms with Gasteiger partial charge in [-0.3, -0.25) is 15.1 Å². The van der Waals surface area contributed by atoms with Gasteiger partial charge in [0.05, 0.1) is 27.0 Å². The molecular formula is C28H34N4O4. The number of allylic oxidation sites excluding steroid dienone is 1. The Morgan fingerprint density at radius 2 is 1.86 bits per heavy atom. The van der Waals surface area contributed by atoms with Crippen LogP contribution in [0.15, 0.2) is 42.6 Å². The van der Waals surface area contributed by atoms with Crippen LogP contribution in [0.4, 0.5) is 0 Å². The molecule has 0 spiro atoms. The number of likely N-dealkylation sites (tertiary alicyclic amines) is 1. The summed E-state index contributed by atoms with van der Waals surface area (Å²) in [6.07, 6.45) is 8.12. The van der Waals surface area contributed by atoms with Crippen molar-refractivity contribution in [1.29, 1.82) is 0 Å². The fourth-order valence-corrected chi connectivity index (χ4v) is 5.69. The van der Waals surface area contributed by atoms with Crippen LogP contribution in [0.25, 0.3) is 16.6 Å². The Morgan fingerprint density at radius 1 is 1.08 bits per heavy atom. The Labute approximate surface area is 211 Å². The summed E-state index contributed by atoms with van der Waals surface area (Å²) in [6, 6.07) is 10.2. The molecule has 0 bridgehead atoms. The average molecular weight is 491 g/mol. The lowest BCUT2D eigenvalue weighted by atomic mass is 9.96. The zero-order chi connectivity index (χ0) is 25.2. The number of aromatic nitrogens is 1. The second kappa shape index (κ2) is 10.2. The fraction of sp³-hybridized carbons (Fsp3) is 0.393. The summed E-state index contributed by atoms with van der Waals surface area (Å²) in [4.78, 5) is 19.4. The zero-order valence-electron chi connectivity index (χ0n) is 21.2. The molecule has 36 heavy (non-hydrogen) atoms. The number of benzene rings is 2. The number of hydrogen-bond donors (Lipinski definition) is 2. The van der Waals surface area contributed by atoms with E-state index in [1.165, 1.54) is 11.1 Å². The van der Waals surface area contributed by atoms with Gasteiger partial charge in [0.25, 0.3) is 0 Å². The number of rotatable bonds is 9. The number of fused-ring (bicyclic) bond motifs is 2. The molecular weight excluding hydrogens is 456 g/mol. The molecule has 1 aliphatic heterocycles. The molecule has 2 aliphatic rings. The number of nitrogens with zero attached hydrogens (tertiary/aromatic N) is 2. The molecule has 1 amide bonds. The maximum absolute atomic E-state index is 11.7. The number of ether oxygens (including phenoxy) is 2. The van der Waals surface area contributed by atoms with E-state index in [9.17, 15) is 4.79 Å². The van der Waals surface area contributed by atoms with Gasteiger partial charge in [-0.05, 0) is 60.4 Å². The van der Waals surface area contributed by atoms with E-state index < -0.39 is 0 Å². The van der Waals surface area contributed by atoms with Crippen LogP contribution in [0.1, 0.15) is 45.9 Å². The van der Waals surface area contributed by atoms with E-state index >= 15 is 0 Å². The minimum Gasteiger partial charge on any atom is -0.496 e. The van der Waals surface area contributed by atoms with E-state index in [1.807, 2.05) is 18.2 Å². The van der Waals surface area contributed by atoms with E-state index in [2.05, 4.69) is 33.3 Å². The number of piperidine rings is 1. The van der Waals surface area contributed by atoms with Gasteiger partial charge in [0, 0.05) is 54.6 Å². The Morgan fingerprint density at radius 3 is 2.56 bits per heavy atom. The van der Waals surface area contributed by atoms with Crippen molar-refractivity contribution in [3.05, 3.63) is 64.9 Å². The summed E-state index contributed by atoms with van der Waals surface area (Å²) in [5.74, 6) is 1.27. The van der Waals surface area contributed by atoms with Gasteiger partial charge in [-0.1, -0.05) is 12.1 Å². The first-order valence-electron chi connectivity index (χ1n) is 12.4. The second-order valence-corrected chi connectivity index (χ2v) is 9.42. The van der Waals surface area contributed by atoms with Crippen LogP contribution in [0.3, 0.4) is 0 Å². The monoisotopic (exact) mass is 490 g/mol. The van der Waals surface area contributed by atoms with E-state index in [0.717, 1.165) is 79.0 Å². The molecule has 2 aromatic carbocycles. The van der Waals surface area contributed by atoms with Crippen LogP contribution in [-0.2, 0) is 17.7 Å². The van der Waals surface area contributed by atoms with Crippen LogP contribution in [0.5, 0.6) is 11.5 Å². The van der Waals surface area contributed by atoms with Crippen molar-refractivity contribution in [2.24, 2.45) is 5.73 Å². The third-order valence-electron chi connectivity index (χ3n) is 7.54. The first-order valence-corrected chi connectivity index (χ1v) is 12.4. The first kappa shape index (κ1) is 24.2. The third kappa shape index (κ3) is 4.42. The van der Waals surface area contributed by atoms with Crippen LogP contribution in [-0.4, -0.2) is 56.3 Å². The van der Waals surface area contributed by atoms with E-state index in [4.69, 9.17) is 20.0 Å². The van der Waals surface area contributed by atoms with Crippen LogP contribution in [0.2, 0.25) is 0 Å². The molecule has 0 saturated carbocycles. The topological polar surface area (TPSA) is 91.0 Å². The quantitative estimate of drug-likeness (QED) is 0.445. The second-order valence-electron chi connectivity index (χ2n) is 9.42. The lowest BCUT2D eigenvalue weighted by Crippen LogP contribution is -2.36. The summed E-state index contributed by atoms with van der Waals surface area (Å²) in [6.45, 7) is 3.01. The molecule has 3 N–H and O–H groups in total. The number of hydroxylamine groups is 1. The van der Waals surface area contributed by atoms with Gasteiger partial charge in [0.1, 0.15) is 11.5 Å². The van der Waals surface area contributed by atoms with Gasteiger partial charge in [-0.25, -0.2) is 0 Å². The molecule has 1 aliphatic carbocycles. The van der Waals surface area contributed by atoms with Gasteiger partial charge < -0.3 is 24.7 Å². The van der Waals surface area contributed by atoms with Crippen molar-refractivity contribution in [1.82, 2.24) is 14.9 Å². The summed E-state index contributed by atoms with van der Waals surface area (Å²) in [5, 5.41) is 1.14. The van der Waals surface area contributed by atoms with Crippen molar-refractivity contribution in [3.63, 3.8) is 0 Å². The molecule has 0 atom stereocenters. The van der Waals surface area contributed by atoms with Gasteiger partial charge in [-0.15, -0.1) is 0 Å². The minimum atomic E-state index is -0.389. The molecule has 0 radical (unpaired) electrons. The maximum Gasteiger partial charge on any atom is 0.248 e. The van der Waals surface area contributed by atoms with Gasteiger partial charge in [-0.2, -0.15) is 0 Å². The highest BCUT2D eigenvalue weighted by Gasteiger charge is 2.27. The first-order chi connectivity index (χ1) is 17.5. The molecule has 3 aromatic rings. The zero-order valence-corrected chi connectivity index (χ0v) is 21.2. The number of nitrogens with two attached hydrogens (primary N) is 1. The molecule has 0 unspecified atom stereocenters. The number of carbonyl (C=O) groups excluding carboxylic acids is 1. The van der Waals surface area contributed by atoms with E-state index in [-0.39, 0.29) is 5.91 Å². The Hall–Kier alpha value is -3.49. The number of methoxy groups -OCH3 is 2. The number of nitrogens with one attached hydrogen (secondary N) is 1. The minimum absolute atomic E-state index is 0.389. The smallest absolute Gasteiger partial charge is 0.248 e. The Bertz CT molecular complexity index is 1300. The van der Waals surface area contributed by atoms with E-state index in [1.54, 1.807) is 27.4 Å². The number of hydrogen-bond acceptors (Lipinski definition) is 6. The predicted octanol–water partition coefficient (Wildman–Crippen LogP) is 3.69. The fourth-order valence-electron chi connectivity index (χ4n) is 5.69. The number of amides is 1. The largest absolute Gasteiger partial charge is 0.496 e. The molecule has 190 valence electrons. The highest BCUT2D eigenvalue weighted by atomic mass is 16.6. The van der Waals surface area contributed by atoms with Crippen molar-refractivity contribution in [3.8, 4) is 11.5 Å². The number of primary amides is 1. The normalized spacial score (nSPS) is 16.1. The van der Waals surface area contributed by atoms with E-state index in [0.29, 0.717) is 11.6 Å². The van der Waals surface area contributed by atoms with Gasteiger partial charge in [0.2, 0.25) is 5.91 Å². The highest BCUT2D eigenvalue weighted by molar-refractivity contribution is 5.97. The molecule has 5 rings (SSSR count). The van der Waals surface area contributed by atoms with Crippen molar-refractivity contribution >= 4 is 22.5 Å². The average Bonchev–Trinajstić information content (AvgIpc) is 3.52. The lowest BCUT2D eigenvalue weighted by molar-refractivity contribution is 0.100. The Balaban J connectivity index is 1.28. The highest BCUT2D eigenvalue weighted by Crippen LogP contribution is 2.41. The van der Waals surface area contributed by atoms with Gasteiger partial charge in [0.15, 0.2) is 0 Å². The van der Waals surface area contributed by atoms with Crippen LogP contribution >= 0.6 is 0 Å². The standard InChI is InChI=1S/C28H34N4O4/c1-34-25-17-26(35-2)27-22(6-7-23(27)30-36-3)21(25)11-14-31-12-9-20(10-13-31)32-15-8-18-4-5-19(28(29)33)16-24(18)32/h4-5,7-8,15-17,20,30H,6,9-14H2,1-3H3,(H2,29,33). The Kier molecular flexibility index (Phi) is 6.89. The summed E-state index contributed by atoms with van der Waals surface area (Å²) < 4.78 is 13.8. The molecule has 8 nitrogen and oxygen atoms in total. The molecule has 1 aromatic heterocycles. The summed E-state index contributed by atoms with van der Waals surface area (Å²) in [5.41, 5.74) is 14.6. The van der Waals surface area contributed by atoms with Crippen LogP contribution in [0, 0.1) is 0 Å². The summed E-state index contributed by atoms with van der Waals surface area (Å²) >= 11 is 0. The summed E-state index contributed by atoms with van der Waals surface area (Å²) in [7, 11) is 5.02. The van der Waals surface area contributed by atoms with Crippen molar-refractivity contribution < 1.29 is 19.1 Å². The lowest BCUT2D eigenvalue weighted by Gasteiger charge is -2.33. The predicted molar refractivity (Wildman–Crippen MR) is 140 cm³/mol. The molecule has 2 heterocycles. The van der Waals surface area contributed by atoms with Gasteiger partial charge >= 0.3 is 0 Å². The maximum atomic E-state index is 11.7. The SMILES string of the molecule is CONC1=CCc2c(CCN3CCC(n4ccc5ccc(C(N)=O)cc54)CC3)c(OC)cc(OC)c21. The number of carbonyl (C=O) groups is 1. The third-order valence-corrected chi connectivity index (χ3v) is 7.54. The molecule has 1 saturated heterocycles. The molecule has 8 heteroatoms. The van der Waals surface area contributed by atoms with Crippen LogP contribution < -0.4 is 20.7 Å². The molecule has 1 fully saturated rings. The van der Waals surface area contributed by atoms with Crippen molar-refractivity contribution in [2.45, 2.75) is 31.7 Å². The van der Waals surface area contributed by atoms with Crippen molar-refractivity contribution in [2.75, 3.05) is 41.0 Å².